The van der Waals surface area contributed by atoms with Crippen molar-refractivity contribution in [3.8, 4) is 0 Å². The maximum atomic E-state index is 12.1. The van der Waals surface area contributed by atoms with Crippen LogP contribution in [-0.2, 0) is 16.1 Å². The normalized spacial score (nSPS) is 15.2. The quantitative estimate of drug-likeness (QED) is 0.794. The van der Waals surface area contributed by atoms with Crippen LogP contribution in [0.5, 0.6) is 0 Å². The third-order valence-electron chi connectivity index (χ3n) is 5.14. The molecule has 0 N–H and O–H groups in total. The summed E-state index contributed by atoms with van der Waals surface area (Å²) in [5.41, 5.74) is 6.24. The zero-order chi connectivity index (χ0) is 20.3. The smallest absolute Gasteiger partial charge is 0.330 e. The van der Waals surface area contributed by atoms with Crippen LogP contribution in [0.25, 0.3) is 5.57 Å². The number of nitrogens with zero attached hydrogens (tertiary/aromatic N) is 3. The van der Waals surface area contributed by atoms with Gasteiger partial charge in [0.05, 0.1) is 23.3 Å². The molecule has 2 heterocycles. The molecule has 0 unspecified atom stereocenters. The summed E-state index contributed by atoms with van der Waals surface area (Å²) in [5, 5.41) is 10.8. The molecule has 0 radical (unpaired) electrons. The lowest BCUT2D eigenvalue weighted by atomic mass is 9.96. The van der Waals surface area contributed by atoms with Gasteiger partial charge in [0, 0.05) is 13.0 Å². The first-order chi connectivity index (χ1) is 13.3. The number of carbonyl (C=O) groups excluding carboxylic acids is 1. The maximum Gasteiger partial charge on any atom is 0.330 e. The Kier molecular flexibility index (Phi) is 5.94. The van der Waals surface area contributed by atoms with Crippen LogP contribution in [0.1, 0.15) is 55.3 Å². The molecule has 1 aliphatic heterocycles. The van der Waals surface area contributed by atoms with Crippen LogP contribution in [0, 0.1) is 19.3 Å². The molecule has 0 bridgehead atoms. The Balaban J connectivity index is 1.72. The standard InChI is InChI=1S/C23H29N3O2/c1-16-17(2)21(25-24-20(16)15-18-9-7-6-8-10-18)19-11-13-26(14-12-19)28-22(27)23(3,4)5/h6-11H,12-15H2,1-5H3. The van der Waals surface area contributed by atoms with Crippen molar-refractivity contribution in [3.05, 3.63) is 64.5 Å². The number of aromatic nitrogens is 2. The molecule has 0 spiro atoms. The molecule has 0 fully saturated rings. The van der Waals surface area contributed by atoms with Crippen LogP contribution in [0.3, 0.4) is 0 Å². The van der Waals surface area contributed by atoms with E-state index in [2.05, 4.69) is 42.3 Å². The van der Waals surface area contributed by atoms with E-state index in [1.54, 1.807) is 5.06 Å². The van der Waals surface area contributed by atoms with Crippen LogP contribution >= 0.6 is 0 Å². The van der Waals surface area contributed by atoms with E-state index < -0.39 is 5.41 Å². The molecule has 0 aliphatic carbocycles. The third-order valence-corrected chi connectivity index (χ3v) is 5.14. The van der Waals surface area contributed by atoms with E-state index in [0.717, 1.165) is 24.2 Å². The lowest BCUT2D eigenvalue weighted by Crippen LogP contribution is -2.36. The van der Waals surface area contributed by atoms with E-state index in [1.165, 1.54) is 22.3 Å². The third kappa shape index (κ3) is 4.65. The molecule has 5 nitrogen and oxygen atoms in total. The van der Waals surface area contributed by atoms with Crippen LogP contribution in [0.4, 0.5) is 0 Å². The van der Waals surface area contributed by atoms with Crippen molar-refractivity contribution >= 4 is 11.5 Å². The predicted molar refractivity (Wildman–Crippen MR) is 110 cm³/mol. The van der Waals surface area contributed by atoms with Crippen LogP contribution < -0.4 is 0 Å². The minimum atomic E-state index is -0.502. The average Bonchev–Trinajstić information content (AvgIpc) is 2.66. The molecule has 2 aromatic rings. The molecule has 0 saturated carbocycles. The topological polar surface area (TPSA) is 55.3 Å². The molecule has 1 aromatic heterocycles. The fourth-order valence-electron chi connectivity index (χ4n) is 3.12. The molecule has 0 saturated heterocycles. The summed E-state index contributed by atoms with van der Waals surface area (Å²) in [6.07, 6.45) is 3.66. The average molecular weight is 380 g/mol. The van der Waals surface area contributed by atoms with Crippen LogP contribution in [0.2, 0.25) is 0 Å². The second kappa shape index (κ2) is 8.23. The Bertz CT molecular complexity index is 883. The molecule has 0 amide bonds. The van der Waals surface area contributed by atoms with Gasteiger partial charge >= 0.3 is 5.97 Å². The Morgan fingerprint density at radius 2 is 1.82 bits per heavy atom. The van der Waals surface area contributed by atoms with E-state index in [9.17, 15) is 4.79 Å². The van der Waals surface area contributed by atoms with Crippen molar-refractivity contribution in [3.63, 3.8) is 0 Å². The van der Waals surface area contributed by atoms with Crippen LogP contribution in [0.15, 0.2) is 36.4 Å². The Labute approximate surface area is 167 Å². The molecule has 1 aliphatic rings. The second-order valence-corrected chi connectivity index (χ2v) is 8.40. The highest BCUT2D eigenvalue weighted by atomic mass is 16.7. The van der Waals surface area contributed by atoms with Gasteiger partial charge in [-0.3, -0.25) is 0 Å². The van der Waals surface area contributed by atoms with E-state index in [4.69, 9.17) is 4.84 Å². The van der Waals surface area contributed by atoms with E-state index in [0.29, 0.717) is 13.1 Å². The number of hydrogen-bond acceptors (Lipinski definition) is 5. The summed E-state index contributed by atoms with van der Waals surface area (Å²) in [7, 11) is 0. The van der Waals surface area contributed by atoms with Gasteiger partial charge in [0.25, 0.3) is 0 Å². The molecule has 148 valence electrons. The van der Waals surface area contributed by atoms with Gasteiger partial charge in [-0.05, 0) is 63.3 Å². The van der Waals surface area contributed by atoms with Gasteiger partial charge in [0.2, 0.25) is 0 Å². The second-order valence-electron chi connectivity index (χ2n) is 8.40. The van der Waals surface area contributed by atoms with E-state index in [-0.39, 0.29) is 5.97 Å². The molecule has 5 heteroatoms. The number of carbonyl (C=O) groups is 1. The Morgan fingerprint density at radius 3 is 2.43 bits per heavy atom. The zero-order valence-corrected chi connectivity index (χ0v) is 17.5. The first-order valence-corrected chi connectivity index (χ1v) is 9.79. The summed E-state index contributed by atoms with van der Waals surface area (Å²) in [4.78, 5) is 17.6. The Morgan fingerprint density at radius 1 is 1.11 bits per heavy atom. The first kappa shape index (κ1) is 20.2. The minimum absolute atomic E-state index is 0.207. The summed E-state index contributed by atoms with van der Waals surface area (Å²) in [5.74, 6) is -0.207. The van der Waals surface area contributed by atoms with Gasteiger partial charge in [-0.25, -0.2) is 4.79 Å². The summed E-state index contributed by atoms with van der Waals surface area (Å²) in [6.45, 7) is 11.0. The van der Waals surface area contributed by atoms with Crippen molar-refractivity contribution in [1.82, 2.24) is 15.3 Å². The lowest BCUT2D eigenvalue weighted by molar-refractivity contribution is -0.198. The highest BCUT2D eigenvalue weighted by Crippen LogP contribution is 2.27. The van der Waals surface area contributed by atoms with Crippen molar-refractivity contribution < 1.29 is 9.63 Å². The minimum Gasteiger partial charge on any atom is -0.367 e. The largest absolute Gasteiger partial charge is 0.367 e. The first-order valence-electron chi connectivity index (χ1n) is 9.79. The van der Waals surface area contributed by atoms with Crippen molar-refractivity contribution in [2.45, 2.75) is 47.5 Å². The molecule has 1 aromatic carbocycles. The van der Waals surface area contributed by atoms with Gasteiger partial charge < -0.3 is 4.84 Å². The molecular weight excluding hydrogens is 350 g/mol. The maximum absolute atomic E-state index is 12.1. The van der Waals surface area contributed by atoms with Crippen LogP contribution in [-0.4, -0.2) is 34.3 Å². The van der Waals surface area contributed by atoms with E-state index in [1.807, 2.05) is 39.0 Å². The lowest BCUT2D eigenvalue weighted by Gasteiger charge is -2.28. The Hall–Kier alpha value is -2.53. The highest BCUT2D eigenvalue weighted by Gasteiger charge is 2.27. The highest BCUT2D eigenvalue weighted by molar-refractivity contribution is 5.75. The number of benzene rings is 1. The SMILES string of the molecule is Cc1c(Cc2ccccc2)nnc(C2=CCN(OC(=O)C(C)(C)C)CC2)c1C. The molecule has 0 atom stereocenters. The molecular formula is C23H29N3O2. The van der Waals surface area contributed by atoms with Crippen molar-refractivity contribution in [2.75, 3.05) is 13.1 Å². The number of hydroxylamine groups is 2. The number of rotatable bonds is 4. The summed E-state index contributed by atoms with van der Waals surface area (Å²) >= 11 is 0. The van der Waals surface area contributed by atoms with Gasteiger partial charge in [0.15, 0.2) is 0 Å². The summed E-state index contributed by atoms with van der Waals surface area (Å²) in [6, 6.07) is 10.3. The van der Waals surface area contributed by atoms with Gasteiger partial charge in [0.1, 0.15) is 0 Å². The van der Waals surface area contributed by atoms with Crippen molar-refractivity contribution in [2.24, 2.45) is 5.41 Å². The fraction of sp³-hybridized carbons (Fsp3) is 0.435. The van der Waals surface area contributed by atoms with Crippen molar-refractivity contribution in [1.29, 1.82) is 0 Å². The van der Waals surface area contributed by atoms with E-state index >= 15 is 0 Å². The summed E-state index contributed by atoms with van der Waals surface area (Å²) < 4.78 is 0. The number of hydrogen-bond donors (Lipinski definition) is 0. The predicted octanol–water partition coefficient (Wildman–Crippen LogP) is 4.28. The fourth-order valence-corrected chi connectivity index (χ4v) is 3.12. The van der Waals surface area contributed by atoms with Gasteiger partial charge in [-0.2, -0.15) is 10.2 Å². The zero-order valence-electron chi connectivity index (χ0n) is 17.5. The van der Waals surface area contributed by atoms with Gasteiger partial charge in [-0.1, -0.05) is 36.4 Å². The molecule has 3 rings (SSSR count). The van der Waals surface area contributed by atoms with Gasteiger partial charge in [-0.15, -0.1) is 5.06 Å². The molecule has 28 heavy (non-hydrogen) atoms. The monoisotopic (exact) mass is 379 g/mol.